The number of hydrogen-bond donors (Lipinski definition) is 2. The van der Waals surface area contributed by atoms with Gasteiger partial charge in [-0.25, -0.2) is 4.98 Å². The van der Waals surface area contributed by atoms with Gasteiger partial charge in [0.2, 0.25) is 0 Å². The van der Waals surface area contributed by atoms with Crippen LogP contribution in [0, 0.1) is 0 Å². The molecule has 0 unspecified atom stereocenters. The molecule has 4 heteroatoms. The lowest BCUT2D eigenvalue weighted by atomic mass is 9.92. The zero-order valence-corrected chi connectivity index (χ0v) is 11.0. The summed E-state index contributed by atoms with van der Waals surface area (Å²) in [4.78, 5) is 7.36. The fourth-order valence-electron chi connectivity index (χ4n) is 2.53. The van der Waals surface area contributed by atoms with E-state index in [2.05, 4.69) is 28.2 Å². The zero-order valence-electron chi connectivity index (χ0n) is 11.0. The summed E-state index contributed by atoms with van der Waals surface area (Å²) < 4.78 is 5.78. The number of benzene rings is 1. The van der Waals surface area contributed by atoms with E-state index in [0.717, 1.165) is 17.3 Å². The Balaban J connectivity index is 1.66. The van der Waals surface area contributed by atoms with E-state index in [0.29, 0.717) is 13.2 Å². The number of ether oxygens (including phenoxy) is 1. The van der Waals surface area contributed by atoms with E-state index < -0.39 is 0 Å². The van der Waals surface area contributed by atoms with Gasteiger partial charge in [-0.1, -0.05) is 6.07 Å². The largest absolute Gasteiger partial charge is 0.486 e. The molecule has 0 fully saturated rings. The van der Waals surface area contributed by atoms with Crippen LogP contribution in [0.25, 0.3) is 0 Å². The zero-order chi connectivity index (χ0) is 13.1. The Morgan fingerprint density at radius 2 is 2.05 bits per heavy atom. The van der Waals surface area contributed by atoms with Crippen LogP contribution in [-0.2, 0) is 26.0 Å². The maximum Gasteiger partial charge on any atom is 0.146 e. The van der Waals surface area contributed by atoms with E-state index >= 15 is 0 Å². The number of aromatic amines is 1. The second-order valence-corrected chi connectivity index (χ2v) is 4.99. The molecule has 1 aliphatic rings. The van der Waals surface area contributed by atoms with Crippen molar-refractivity contribution >= 4 is 0 Å². The summed E-state index contributed by atoms with van der Waals surface area (Å²) in [5.74, 6) is 1.74. The van der Waals surface area contributed by atoms with Crippen molar-refractivity contribution in [3.05, 3.63) is 47.0 Å². The average Bonchev–Trinajstić information content (AvgIpc) is 2.93. The molecule has 3 rings (SSSR count). The van der Waals surface area contributed by atoms with Gasteiger partial charge in [0.1, 0.15) is 18.2 Å². The Morgan fingerprint density at radius 1 is 1.21 bits per heavy atom. The summed E-state index contributed by atoms with van der Waals surface area (Å²) in [6, 6.07) is 6.41. The van der Waals surface area contributed by atoms with E-state index in [-0.39, 0.29) is 0 Å². The summed E-state index contributed by atoms with van der Waals surface area (Å²) in [5, 5.41) is 0. The summed E-state index contributed by atoms with van der Waals surface area (Å²) in [7, 11) is 0. The van der Waals surface area contributed by atoms with E-state index in [1.54, 1.807) is 6.20 Å². The van der Waals surface area contributed by atoms with Gasteiger partial charge in [0, 0.05) is 18.4 Å². The molecular formula is C15H19N3O. The van der Waals surface area contributed by atoms with Crippen molar-refractivity contribution in [2.45, 2.75) is 38.8 Å². The summed E-state index contributed by atoms with van der Waals surface area (Å²) in [6.45, 7) is 0.935. The van der Waals surface area contributed by atoms with Crippen molar-refractivity contribution in [3.8, 4) is 5.75 Å². The van der Waals surface area contributed by atoms with Crippen LogP contribution < -0.4 is 10.5 Å². The van der Waals surface area contributed by atoms with Crippen LogP contribution in [0.1, 0.15) is 35.5 Å². The molecule has 0 radical (unpaired) electrons. The number of aryl methyl sites for hydroxylation is 2. The van der Waals surface area contributed by atoms with Crippen LogP contribution in [0.3, 0.4) is 0 Å². The quantitative estimate of drug-likeness (QED) is 0.883. The minimum atomic E-state index is 0.457. The first-order valence-electron chi connectivity index (χ1n) is 6.82. The molecule has 2 aromatic rings. The molecule has 1 aromatic heterocycles. The summed E-state index contributed by atoms with van der Waals surface area (Å²) in [5.41, 5.74) is 9.38. The van der Waals surface area contributed by atoms with E-state index in [9.17, 15) is 0 Å². The highest BCUT2D eigenvalue weighted by atomic mass is 16.5. The predicted octanol–water partition coefficient (Wildman–Crippen LogP) is 2.33. The minimum absolute atomic E-state index is 0.457. The first-order chi connectivity index (χ1) is 9.35. The number of rotatable bonds is 4. The Kier molecular flexibility index (Phi) is 3.51. The van der Waals surface area contributed by atoms with Crippen LogP contribution >= 0.6 is 0 Å². The predicted molar refractivity (Wildman–Crippen MR) is 73.9 cm³/mol. The number of imidazole rings is 1. The lowest BCUT2D eigenvalue weighted by Crippen LogP contribution is -2.04. The van der Waals surface area contributed by atoms with Crippen molar-refractivity contribution in [1.29, 1.82) is 0 Å². The van der Waals surface area contributed by atoms with Gasteiger partial charge in [-0.2, -0.15) is 0 Å². The Labute approximate surface area is 113 Å². The van der Waals surface area contributed by atoms with Gasteiger partial charge in [-0.05, 0) is 48.9 Å². The molecule has 1 aromatic carbocycles. The highest BCUT2D eigenvalue weighted by Crippen LogP contribution is 2.25. The van der Waals surface area contributed by atoms with Crippen LogP contribution in [-0.4, -0.2) is 9.97 Å². The number of nitrogens with one attached hydrogen (secondary N) is 1. The van der Waals surface area contributed by atoms with Gasteiger partial charge in [0.05, 0.1) is 0 Å². The molecule has 0 aliphatic heterocycles. The molecule has 4 nitrogen and oxygen atoms in total. The molecule has 1 aliphatic carbocycles. The van der Waals surface area contributed by atoms with E-state index in [1.807, 2.05) is 0 Å². The van der Waals surface area contributed by atoms with Gasteiger partial charge in [0.25, 0.3) is 0 Å². The normalized spacial score (nSPS) is 14.2. The number of hydrogen-bond acceptors (Lipinski definition) is 3. The molecule has 0 bridgehead atoms. The van der Waals surface area contributed by atoms with E-state index in [1.165, 1.54) is 36.8 Å². The lowest BCUT2D eigenvalue weighted by Gasteiger charge is -2.16. The van der Waals surface area contributed by atoms with Crippen molar-refractivity contribution in [3.63, 3.8) is 0 Å². The first kappa shape index (κ1) is 12.2. The minimum Gasteiger partial charge on any atom is -0.486 e. The molecule has 3 N–H and O–H groups in total. The number of nitrogens with zero attached hydrogens (tertiary/aromatic N) is 1. The number of nitrogens with two attached hydrogens (primary N) is 1. The van der Waals surface area contributed by atoms with Crippen molar-refractivity contribution in [2.75, 3.05) is 0 Å². The van der Waals surface area contributed by atoms with Gasteiger partial charge < -0.3 is 15.5 Å². The third-order valence-electron chi connectivity index (χ3n) is 3.60. The van der Waals surface area contributed by atoms with E-state index in [4.69, 9.17) is 10.5 Å². The smallest absolute Gasteiger partial charge is 0.146 e. The highest BCUT2D eigenvalue weighted by molar-refractivity contribution is 5.37. The standard InChI is InChI=1S/C15H19N3O/c16-8-13-9-17-15(18-13)10-19-14-6-5-11-3-1-2-4-12(11)7-14/h5-7,9H,1-4,8,10,16H2,(H,17,18). The van der Waals surface area contributed by atoms with Gasteiger partial charge in [-0.15, -0.1) is 0 Å². The SMILES string of the molecule is NCc1cnc(COc2ccc3c(c2)CCCC3)[nH]1. The molecular weight excluding hydrogens is 238 g/mol. The third-order valence-corrected chi connectivity index (χ3v) is 3.60. The summed E-state index contributed by atoms with van der Waals surface area (Å²) in [6.07, 6.45) is 6.72. The molecule has 0 atom stereocenters. The Hall–Kier alpha value is -1.81. The second kappa shape index (κ2) is 5.45. The monoisotopic (exact) mass is 257 g/mol. The molecule has 19 heavy (non-hydrogen) atoms. The molecule has 1 heterocycles. The fourth-order valence-corrected chi connectivity index (χ4v) is 2.53. The maximum atomic E-state index is 5.78. The number of aromatic nitrogens is 2. The number of fused-ring (bicyclic) bond motifs is 1. The molecule has 0 saturated carbocycles. The highest BCUT2D eigenvalue weighted by Gasteiger charge is 2.10. The molecule has 0 spiro atoms. The molecule has 100 valence electrons. The van der Waals surface area contributed by atoms with Crippen LogP contribution in [0.2, 0.25) is 0 Å². The Bertz CT molecular complexity index is 562. The van der Waals surface area contributed by atoms with Crippen molar-refractivity contribution in [1.82, 2.24) is 9.97 Å². The van der Waals surface area contributed by atoms with Crippen LogP contribution in [0.4, 0.5) is 0 Å². The van der Waals surface area contributed by atoms with Gasteiger partial charge in [0.15, 0.2) is 0 Å². The average molecular weight is 257 g/mol. The molecule has 0 saturated heterocycles. The summed E-state index contributed by atoms with van der Waals surface area (Å²) >= 11 is 0. The first-order valence-corrected chi connectivity index (χ1v) is 6.82. The topological polar surface area (TPSA) is 63.9 Å². The number of H-pyrrole nitrogens is 1. The Morgan fingerprint density at radius 3 is 2.84 bits per heavy atom. The maximum absolute atomic E-state index is 5.78. The van der Waals surface area contributed by atoms with Gasteiger partial charge >= 0.3 is 0 Å². The third kappa shape index (κ3) is 2.79. The van der Waals surface area contributed by atoms with Gasteiger partial charge in [-0.3, -0.25) is 0 Å². The lowest BCUT2D eigenvalue weighted by molar-refractivity contribution is 0.296. The molecule has 0 amide bonds. The van der Waals surface area contributed by atoms with Crippen molar-refractivity contribution < 1.29 is 4.74 Å². The fraction of sp³-hybridized carbons (Fsp3) is 0.400. The van der Waals surface area contributed by atoms with Crippen LogP contribution in [0.5, 0.6) is 5.75 Å². The second-order valence-electron chi connectivity index (χ2n) is 4.99. The van der Waals surface area contributed by atoms with Crippen LogP contribution in [0.15, 0.2) is 24.4 Å². The van der Waals surface area contributed by atoms with Crippen molar-refractivity contribution in [2.24, 2.45) is 5.73 Å².